The smallest absolute Gasteiger partial charge is 0.347 e. The largest absolute Gasteiger partial charge is 0.479 e. The lowest BCUT2D eigenvalue weighted by Gasteiger charge is -2.17. The van der Waals surface area contributed by atoms with Crippen LogP contribution in [0.5, 0.6) is 5.75 Å². The number of rotatable bonds is 7. The van der Waals surface area contributed by atoms with Crippen LogP contribution < -0.4 is 4.74 Å². The molecule has 0 radical (unpaired) electrons. The van der Waals surface area contributed by atoms with E-state index in [4.69, 9.17) is 9.47 Å². The Balaban J connectivity index is 2.64. The molecule has 0 aliphatic carbocycles. The van der Waals surface area contributed by atoms with E-state index in [1.54, 1.807) is 6.92 Å². The number of hydrogen-bond acceptors (Lipinski definition) is 3. The number of benzene rings is 1. The molecule has 0 N–H and O–H groups in total. The third kappa shape index (κ3) is 4.73. The first-order valence-corrected chi connectivity index (χ1v) is 6.26. The van der Waals surface area contributed by atoms with Crippen molar-refractivity contribution in [3.05, 3.63) is 30.1 Å². The molecule has 0 amide bonds. The van der Waals surface area contributed by atoms with E-state index in [0.29, 0.717) is 18.8 Å². The molecule has 0 heterocycles. The molecule has 0 aliphatic rings. The van der Waals surface area contributed by atoms with Gasteiger partial charge in [0.1, 0.15) is 11.6 Å². The van der Waals surface area contributed by atoms with Crippen molar-refractivity contribution in [2.24, 2.45) is 0 Å². The highest BCUT2D eigenvalue weighted by atomic mass is 19.1. The average molecular weight is 254 g/mol. The molecule has 0 fully saturated rings. The molecule has 1 unspecified atom stereocenters. The van der Waals surface area contributed by atoms with Gasteiger partial charge in [0.2, 0.25) is 0 Å². The zero-order valence-corrected chi connectivity index (χ0v) is 10.8. The van der Waals surface area contributed by atoms with Crippen LogP contribution in [0.25, 0.3) is 0 Å². The van der Waals surface area contributed by atoms with Gasteiger partial charge >= 0.3 is 5.97 Å². The molecule has 18 heavy (non-hydrogen) atoms. The number of hydrogen-bond donors (Lipinski definition) is 0. The van der Waals surface area contributed by atoms with Gasteiger partial charge in [-0.3, -0.25) is 0 Å². The molecule has 3 nitrogen and oxygen atoms in total. The van der Waals surface area contributed by atoms with Gasteiger partial charge < -0.3 is 9.47 Å². The van der Waals surface area contributed by atoms with E-state index in [1.807, 2.05) is 6.92 Å². The summed E-state index contributed by atoms with van der Waals surface area (Å²) in [5, 5.41) is 0. The van der Waals surface area contributed by atoms with Crippen LogP contribution in [0.3, 0.4) is 0 Å². The van der Waals surface area contributed by atoms with Gasteiger partial charge in [-0.15, -0.1) is 0 Å². The molecule has 0 spiro atoms. The van der Waals surface area contributed by atoms with E-state index in [2.05, 4.69) is 0 Å². The van der Waals surface area contributed by atoms with Crippen LogP contribution in [0.15, 0.2) is 24.3 Å². The van der Waals surface area contributed by atoms with Crippen molar-refractivity contribution >= 4 is 5.97 Å². The fourth-order valence-electron chi connectivity index (χ4n) is 1.53. The van der Waals surface area contributed by atoms with Gasteiger partial charge in [-0.2, -0.15) is 0 Å². The number of halogens is 1. The molecule has 100 valence electrons. The zero-order chi connectivity index (χ0) is 13.4. The van der Waals surface area contributed by atoms with E-state index < -0.39 is 6.10 Å². The van der Waals surface area contributed by atoms with Crippen molar-refractivity contribution in [2.75, 3.05) is 6.61 Å². The summed E-state index contributed by atoms with van der Waals surface area (Å²) in [6.45, 7) is 4.13. The van der Waals surface area contributed by atoms with Crippen LogP contribution in [-0.4, -0.2) is 18.7 Å². The fourth-order valence-corrected chi connectivity index (χ4v) is 1.53. The predicted molar refractivity (Wildman–Crippen MR) is 67.0 cm³/mol. The highest BCUT2D eigenvalue weighted by Crippen LogP contribution is 2.16. The quantitative estimate of drug-likeness (QED) is 0.700. The average Bonchev–Trinajstić information content (AvgIpc) is 2.37. The molecule has 1 aromatic rings. The second-order valence-corrected chi connectivity index (χ2v) is 3.95. The summed E-state index contributed by atoms with van der Waals surface area (Å²) in [7, 11) is 0. The molecule has 0 aromatic heterocycles. The SMILES string of the molecule is CCCCC(Oc1ccc(F)cc1)C(=O)OCC. The molecule has 0 saturated heterocycles. The number of ether oxygens (including phenoxy) is 2. The lowest BCUT2D eigenvalue weighted by atomic mass is 10.1. The van der Waals surface area contributed by atoms with E-state index in [-0.39, 0.29) is 11.8 Å². The normalized spacial score (nSPS) is 11.9. The molecule has 4 heteroatoms. The van der Waals surface area contributed by atoms with Crippen LogP contribution in [0, 0.1) is 5.82 Å². The van der Waals surface area contributed by atoms with Gasteiger partial charge in [0, 0.05) is 0 Å². The summed E-state index contributed by atoms with van der Waals surface area (Å²) < 4.78 is 23.3. The Morgan fingerprint density at radius 3 is 2.50 bits per heavy atom. The Morgan fingerprint density at radius 1 is 1.28 bits per heavy atom. The molecular weight excluding hydrogens is 235 g/mol. The van der Waals surface area contributed by atoms with Gasteiger partial charge in [0.05, 0.1) is 6.61 Å². The standard InChI is InChI=1S/C14H19FO3/c1-3-5-6-13(14(16)17-4-2)18-12-9-7-11(15)8-10-12/h7-10,13H,3-6H2,1-2H3. The van der Waals surface area contributed by atoms with Gasteiger partial charge in [-0.1, -0.05) is 13.3 Å². The Hall–Kier alpha value is -1.58. The topological polar surface area (TPSA) is 35.5 Å². The van der Waals surface area contributed by atoms with Crippen molar-refractivity contribution < 1.29 is 18.7 Å². The maximum atomic E-state index is 12.8. The number of carbonyl (C=O) groups is 1. The molecule has 1 rings (SSSR count). The van der Waals surface area contributed by atoms with Gasteiger partial charge in [-0.05, 0) is 44.0 Å². The summed E-state index contributed by atoms with van der Waals surface area (Å²) in [5.41, 5.74) is 0. The second kappa shape index (κ2) is 7.69. The van der Waals surface area contributed by atoms with Gasteiger partial charge in [0.25, 0.3) is 0 Å². The summed E-state index contributed by atoms with van der Waals surface area (Å²) in [6.07, 6.45) is 1.84. The summed E-state index contributed by atoms with van der Waals surface area (Å²) in [5.74, 6) is -0.218. The summed E-state index contributed by atoms with van der Waals surface area (Å²) in [6, 6.07) is 5.62. The first-order valence-electron chi connectivity index (χ1n) is 6.26. The Morgan fingerprint density at radius 2 is 1.94 bits per heavy atom. The monoisotopic (exact) mass is 254 g/mol. The van der Waals surface area contributed by atoms with Crippen molar-refractivity contribution in [1.29, 1.82) is 0 Å². The number of esters is 1. The maximum absolute atomic E-state index is 12.8. The van der Waals surface area contributed by atoms with Crippen LogP contribution in [-0.2, 0) is 9.53 Å². The van der Waals surface area contributed by atoms with E-state index in [1.165, 1.54) is 24.3 Å². The first-order chi connectivity index (χ1) is 8.67. The molecule has 0 bridgehead atoms. The Bertz CT molecular complexity index is 362. The van der Waals surface area contributed by atoms with E-state index >= 15 is 0 Å². The van der Waals surface area contributed by atoms with Crippen LogP contribution in [0.2, 0.25) is 0 Å². The van der Waals surface area contributed by atoms with Crippen LogP contribution >= 0.6 is 0 Å². The minimum Gasteiger partial charge on any atom is -0.479 e. The highest BCUT2D eigenvalue weighted by molar-refractivity contribution is 5.75. The number of carbonyl (C=O) groups excluding carboxylic acids is 1. The Kier molecular flexibility index (Phi) is 6.19. The molecule has 1 aromatic carbocycles. The summed E-state index contributed by atoms with van der Waals surface area (Å²) >= 11 is 0. The maximum Gasteiger partial charge on any atom is 0.347 e. The molecule has 0 saturated carbocycles. The molecule has 0 aliphatic heterocycles. The van der Waals surface area contributed by atoms with Gasteiger partial charge in [-0.25, -0.2) is 9.18 Å². The van der Waals surface area contributed by atoms with Crippen molar-refractivity contribution in [3.8, 4) is 5.75 Å². The lowest BCUT2D eigenvalue weighted by Crippen LogP contribution is -2.29. The van der Waals surface area contributed by atoms with E-state index in [9.17, 15) is 9.18 Å². The van der Waals surface area contributed by atoms with Crippen molar-refractivity contribution in [2.45, 2.75) is 39.2 Å². The Labute approximate surface area is 107 Å². The third-order valence-electron chi connectivity index (χ3n) is 2.46. The minimum atomic E-state index is -0.615. The molecular formula is C14H19FO3. The number of unbranched alkanes of at least 4 members (excludes halogenated alkanes) is 1. The summed E-state index contributed by atoms with van der Waals surface area (Å²) in [4.78, 5) is 11.7. The van der Waals surface area contributed by atoms with E-state index in [0.717, 1.165) is 12.8 Å². The zero-order valence-electron chi connectivity index (χ0n) is 10.8. The van der Waals surface area contributed by atoms with Crippen molar-refractivity contribution in [3.63, 3.8) is 0 Å². The third-order valence-corrected chi connectivity index (χ3v) is 2.46. The van der Waals surface area contributed by atoms with Gasteiger partial charge in [0.15, 0.2) is 6.10 Å². The fraction of sp³-hybridized carbons (Fsp3) is 0.500. The van der Waals surface area contributed by atoms with Crippen molar-refractivity contribution in [1.82, 2.24) is 0 Å². The minimum absolute atomic E-state index is 0.328. The van der Waals surface area contributed by atoms with Crippen LogP contribution in [0.4, 0.5) is 4.39 Å². The molecule has 1 atom stereocenters. The highest BCUT2D eigenvalue weighted by Gasteiger charge is 2.21. The van der Waals surface area contributed by atoms with Crippen LogP contribution in [0.1, 0.15) is 33.1 Å². The first kappa shape index (κ1) is 14.5. The second-order valence-electron chi connectivity index (χ2n) is 3.95. The predicted octanol–water partition coefficient (Wildman–Crippen LogP) is 3.33. The lowest BCUT2D eigenvalue weighted by molar-refractivity contribution is -0.151.